The van der Waals surface area contributed by atoms with E-state index in [9.17, 15) is 0 Å². The van der Waals surface area contributed by atoms with Gasteiger partial charge in [-0.3, -0.25) is 0 Å². The molecule has 0 radical (unpaired) electrons. The fourth-order valence-corrected chi connectivity index (χ4v) is 1.93. The van der Waals surface area contributed by atoms with Crippen LogP contribution < -0.4 is 5.73 Å². The topological polar surface area (TPSA) is 26.0 Å². The fraction of sp³-hybridized carbons (Fsp3) is 1.00. The highest BCUT2D eigenvalue weighted by Crippen LogP contribution is 2.24. The molecule has 0 aromatic heterocycles. The van der Waals surface area contributed by atoms with Crippen LogP contribution in [0.15, 0.2) is 0 Å². The van der Waals surface area contributed by atoms with Crippen molar-refractivity contribution in [3.63, 3.8) is 0 Å². The van der Waals surface area contributed by atoms with Gasteiger partial charge < -0.3 is 5.73 Å². The van der Waals surface area contributed by atoms with E-state index >= 15 is 0 Å². The van der Waals surface area contributed by atoms with Gasteiger partial charge in [0.25, 0.3) is 0 Å². The minimum atomic E-state index is 0.0895. The molecule has 14 heavy (non-hydrogen) atoms. The van der Waals surface area contributed by atoms with Crippen molar-refractivity contribution in [2.45, 2.75) is 78.2 Å². The van der Waals surface area contributed by atoms with Crippen molar-refractivity contribution in [1.29, 1.82) is 0 Å². The van der Waals surface area contributed by atoms with Crippen molar-refractivity contribution in [3.8, 4) is 0 Å². The highest BCUT2D eigenvalue weighted by Gasteiger charge is 2.25. The largest absolute Gasteiger partial charge is 0.325 e. The molecule has 2 N–H and O–H groups in total. The lowest BCUT2D eigenvalue weighted by molar-refractivity contribution is 0.268. The summed E-state index contributed by atoms with van der Waals surface area (Å²) in [6.45, 7) is 8.96. The number of hydrogen-bond acceptors (Lipinski definition) is 1. The van der Waals surface area contributed by atoms with E-state index in [1.807, 2.05) is 0 Å². The molecule has 0 aromatic rings. The molecule has 0 heterocycles. The number of unbranched alkanes of at least 4 members (excludes halogenated alkanes) is 4. The Bertz CT molecular complexity index is 131. The molecule has 0 aliphatic rings. The van der Waals surface area contributed by atoms with Gasteiger partial charge in [-0.1, -0.05) is 59.8 Å². The Balaban J connectivity index is 3.63. The van der Waals surface area contributed by atoms with Crippen molar-refractivity contribution in [1.82, 2.24) is 0 Å². The lowest BCUT2D eigenvalue weighted by atomic mass is 9.80. The van der Waals surface area contributed by atoms with E-state index in [1.54, 1.807) is 0 Å². The average Bonchev–Trinajstić information content (AvgIpc) is 2.17. The maximum absolute atomic E-state index is 6.35. The summed E-state index contributed by atoms with van der Waals surface area (Å²) in [5.41, 5.74) is 6.44. The first kappa shape index (κ1) is 14.0. The Labute approximate surface area is 90.5 Å². The second-order valence-electron chi connectivity index (χ2n) is 4.91. The first-order valence-corrected chi connectivity index (χ1v) is 6.35. The van der Waals surface area contributed by atoms with Crippen LogP contribution in [0.3, 0.4) is 0 Å². The van der Waals surface area contributed by atoms with E-state index in [0.717, 1.165) is 6.42 Å². The SMILES string of the molecule is CCCCCCCC(N)(CC)C(C)C. The van der Waals surface area contributed by atoms with E-state index in [4.69, 9.17) is 5.73 Å². The van der Waals surface area contributed by atoms with Gasteiger partial charge in [-0.2, -0.15) is 0 Å². The molecular formula is C13H29N. The van der Waals surface area contributed by atoms with Crippen molar-refractivity contribution < 1.29 is 0 Å². The highest BCUT2D eigenvalue weighted by molar-refractivity contribution is 4.85. The third-order valence-electron chi connectivity index (χ3n) is 3.55. The molecular weight excluding hydrogens is 170 g/mol. The zero-order chi connectivity index (χ0) is 11.0. The molecule has 0 aliphatic carbocycles. The van der Waals surface area contributed by atoms with Crippen LogP contribution in [-0.2, 0) is 0 Å². The molecule has 0 rings (SSSR count). The van der Waals surface area contributed by atoms with E-state index in [1.165, 1.54) is 38.5 Å². The predicted octanol–water partition coefficient (Wildman–Crippen LogP) is 4.11. The lowest BCUT2D eigenvalue weighted by Gasteiger charge is -2.32. The van der Waals surface area contributed by atoms with Crippen LogP contribution in [0.25, 0.3) is 0 Å². The van der Waals surface area contributed by atoms with Gasteiger partial charge in [0.1, 0.15) is 0 Å². The predicted molar refractivity (Wildman–Crippen MR) is 65.4 cm³/mol. The quantitative estimate of drug-likeness (QED) is 0.585. The second-order valence-corrected chi connectivity index (χ2v) is 4.91. The van der Waals surface area contributed by atoms with Crippen molar-refractivity contribution in [2.75, 3.05) is 0 Å². The van der Waals surface area contributed by atoms with Gasteiger partial charge in [-0.25, -0.2) is 0 Å². The molecule has 0 saturated carbocycles. The Morgan fingerprint density at radius 3 is 2.00 bits per heavy atom. The van der Waals surface area contributed by atoms with Gasteiger partial charge in [-0.05, 0) is 18.8 Å². The second kappa shape index (κ2) is 7.28. The van der Waals surface area contributed by atoms with Crippen LogP contribution >= 0.6 is 0 Å². The first-order valence-electron chi connectivity index (χ1n) is 6.35. The minimum absolute atomic E-state index is 0.0895. The Morgan fingerprint density at radius 1 is 1.00 bits per heavy atom. The Kier molecular flexibility index (Phi) is 7.26. The van der Waals surface area contributed by atoms with Gasteiger partial charge in [0.15, 0.2) is 0 Å². The summed E-state index contributed by atoms with van der Waals surface area (Å²) in [5, 5.41) is 0. The summed E-state index contributed by atoms with van der Waals surface area (Å²) in [6, 6.07) is 0. The molecule has 0 saturated heterocycles. The first-order chi connectivity index (χ1) is 6.56. The Morgan fingerprint density at radius 2 is 1.57 bits per heavy atom. The lowest BCUT2D eigenvalue weighted by Crippen LogP contribution is -2.44. The van der Waals surface area contributed by atoms with Crippen molar-refractivity contribution >= 4 is 0 Å². The standard InChI is InChI=1S/C13H29N/c1-5-7-8-9-10-11-13(14,6-2)12(3)4/h12H,5-11,14H2,1-4H3. The number of nitrogens with two attached hydrogens (primary N) is 1. The monoisotopic (exact) mass is 199 g/mol. The molecule has 0 fully saturated rings. The van der Waals surface area contributed by atoms with E-state index in [2.05, 4.69) is 27.7 Å². The summed E-state index contributed by atoms with van der Waals surface area (Å²) >= 11 is 0. The third-order valence-corrected chi connectivity index (χ3v) is 3.55. The van der Waals surface area contributed by atoms with Crippen LogP contribution in [0.1, 0.15) is 72.6 Å². The summed E-state index contributed by atoms with van der Waals surface area (Å²) in [7, 11) is 0. The summed E-state index contributed by atoms with van der Waals surface area (Å²) in [5.74, 6) is 0.610. The van der Waals surface area contributed by atoms with Gasteiger partial charge >= 0.3 is 0 Å². The van der Waals surface area contributed by atoms with E-state index in [0.29, 0.717) is 5.92 Å². The molecule has 0 amide bonds. The zero-order valence-corrected chi connectivity index (χ0v) is 10.6. The molecule has 1 unspecified atom stereocenters. The van der Waals surface area contributed by atoms with Gasteiger partial charge in [0, 0.05) is 5.54 Å². The molecule has 1 heteroatoms. The molecule has 1 atom stereocenters. The molecule has 86 valence electrons. The fourth-order valence-electron chi connectivity index (χ4n) is 1.93. The number of hydrogen-bond donors (Lipinski definition) is 1. The summed E-state index contributed by atoms with van der Waals surface area (Å²) in [6.07, 6.45) is 9.07. The van der Waals surface area contributed by atoms with Crippen LogP contribution in [-0.4, -0.2) is 5.54 Å². The van der Waals surface area contributed by atoms with Crippen molar-refractivity contribution in [3.05, 3.63) is 0 Å². The molecule has 0 aromatic carbocycles. The maximum atomic E-state index is 6.35. The van der Waals surface area contributed by atoms with Crippen LogP contribution in [0.2, 0.25) is 0 Å². The van der Waals surface area contributed by atoms with Gasteiger partial charge in [0.2, 0.25) is 0 Å². The maximum Gasteiger partial charge on any atom is 0.0174 e. The van der Waals surface area contributed by atoms with Crippen molar-refractivity contribution in [2.24, 2.45) is 11.7 Å². The normalized spacial score (nSPS) is 15.9. The average molecular weight is 199 g/mol. The summed E-state index contributed by atoms with van der Waals surface area (Å²) in [4.78, 5) is 0. The zero-order valence-electron chi connectivity index (χ0n) is 10.6. The van der Waals surface area contributed by atoms with Gasteiger partial charge in [-0.15, -0.1) is 0 Å². The van der Waals surface area contributed by atoms with Crippen LogP contribution in [0, 0.1) is 5.92 Å². The van der Waals surface area contributed by atoms with E-state index < -0.39 is 0 Å². The molecule has 1 nitrogen and oxygen atoms in total. The van der Waals surface area contributed by atoms with Gasteiger partial charge in [0.05, 0.1) is 0 Å². The molecule has 0 spiro atoms. The highest BCUT2D eigenvalue weighted by atomic mass is 14.7. The smallest absolute Gasteiger partial charge is 0.0174 e. The third kappa shape index (κ3) is 4.99. The molecule has 0 bridgehead atoms. The van der Waals surface area contributed by atoms with Crippen LogP contribution in [0.5, 0.6) is 0 Å². The number of rotatable bonds is 8. The Hall–Kier alpha value is -0.0400. The van der Waals surface area contributed by atoms with E-state index in [-0.39, 0.29) is 5.54 Å². The van der Waals surface area contributed by atoms with Crippen LogP contribution in [0.4, 0.5) is 0 Å². The minimum Gasteiger partial charge on any atom is -0.325 e. The summed E-state index contributed by atoms with van der Waals surface area (Å²) < 4.78 is 0. The molecule has 0 aliphatic heterocycles.